The Bertz CT molecular complexity index is 304. The summed E-state index contributed by atoms with van der Waals surface area (Å²) in [4.78, 5) is 4.76. The highest BCUT2D eigenvalue weighted by Gasteiger charge is 2.01. The van der Waals surface area contributed by atoms with Crippen molar-refractivity contribution in [2.45, 2.75) is 13.3 Å². The van der Waals surface area contributed by atoms with Crippen LogP contribution < -0.4 is 4.74 Å². The number of methoxy groups -OCH3 is 1. The molecule has 0 fully saturated rings. The van der Waals surface area contributed by atoms with Crippen LogP contribution in [0.2, 0.25) is 0 Å². The lowest BCUT2D eigenvalue weighted by Crippen LogP contribution is -1.99. The monoisotopic (exact) mass is 193 g/mol. The van der Waals surface area contributed by atoms with Gasteiger partial charge in [-0.1, -0.05) is 12.1 Å². The van der Waals surface area contributed by atoms with Crippen LogP contribution in [0.4, 0.5) is 0 Å². The van der Waals surface area contributed by atoms with Gasteiger partial charge in [-0.25, -0.2) is 0 Å². The van der Waals surface area contributed by atoms with Gasteiger partial charge >= 0.3 is 0 Å². The van der Waals surface area contributed by atoms with Crippen LogP contribution in [0, 0.1) is 0 Å². The van der Waals surface area contributed by atoms with Crippen molar-refractivity contribution in [3.05, 3.63) is 29.8 Å². The Morgan fingerprint density at radius 1 is 1.21 bits per heavy atom. The Balaban J connectivity index is 2.89. The van der Waals surface area contributed by atoms with Gasteiger partial charge in [-0.2, -0.15) is 0 Å². The SMILES string of the molecule is CC/C(=N\OC)c1ccc(OC)cc1. The molecule has 0 aromatic heterocycles. The van der Waals surface area contributed by atoms with Gasteiger partial charge in [0.05, 0.1) is 12.8 Å². The van der Waals surface area contributed by atoms with E-state index in [1.54, 1.807) is 14.2 Å². The molecule has 0 radical (unpaired) electrons. The number of oxime groups is 1. The van der Waals surface area contributed by atoms with Crippen LogP contribution in [0.5, 0.6) is 5.75 Å². The third-order valence-corrected chi connectivity index (χ3v) is 1.96. The first-order chi connectivity index (χ1) is 6.81. The molecular formula is C11H15NO2. The van der Waals surface area contributed by atoms with Crippen molar-refractivity contribution in [2.75, 3.05) is 14.2 Å². The van der Waals surface area contributed by atoms with E-state index in [4.69, 9.17) is 9.57 Å². The molecule has 0 bridgehead atoms. The maximum Gasteiger partial charge on any atom is 0.118 e. The lowest BCUT2D eigenvalue weighted by molar-refractivity contribution is 0.213. The summed E-state index contributed by atoms with van der Waals surface area (Å²) in [5, 5.41) is 3.94. The van der Waals surface area contributed by atoms with Crippen LogP contribution in [-0.2, 0) is 4.84 Å². The standard InChI is InChI=1S/C11H15NO2/c1-4-11(12-14-3)9-5-7-10(13-2)8-6-9/h5-8H,4H2,1-3H3/b12-11+. The second kappa shape index (κ2) is 5.27. The molecule has 0 saturated carbocycles. The molecule has 0 heterocycles. The van der Waals surface area contributed by atoms with Crippen LogP contribution in [0.1, 0.15) is 18.9 Å². The molecule has 0 N–H and O–H groups in total. The maximum absolute atomic E-state index is 5.07. The molecule has 0 atom stereocenters. The Morgan fingerprint density at radius 3 is 2.29 bits per heavy atom. The van der Waals surface area contributed by atoms with Crippen LogP contribution in [0.3, 0.4) is 0 Å². The summed E-state index contributed by atoms with van der Waals surface area (Å²) in [5.41, 5.74) is 2.00. The summed E-state index contributed by atoms with van der Waals surface area (Å²) in [7, 11) is 3.21. The Labute approximate surface area is 84.3 Å². The highest BCUT2D eigenvalue weighted by atomic mass is 16.6. The number of benzene rings is 1. The predicted octanol–water partition coefficient (Wildman–Crippen LogP) is 2.46. The van der Waals surface area contributed by atoms with Crippen molar-refractivity contribution in [3.8, 4) is 5.75 Å². The average molecular weight is 193 g/mol. The minimum Gasteiger partial charge on any atom is -0.497 e. The van der Waals surface area contributed by atoms with Crippen molar-refractivity contribution in [1.29, 1.82) is 0 Å². The summed E-state index contributed by atoms with van der Waals surface area (Å²) in [6.07, 6.45) is 0.847. The fourth-order valence-electron chi connectivity index (χ4n) is 1.21. The molecule has 0 saturated heterocycles. The van der Waals surface area contributed by atoms with Crippen LogP contribution >= 0.6 is 0 Å². The zero-order chi connectivity index (χ0) is 10.4. The lowest BCUT2D eigenvalue weighted by Gasteiger charge is -2.04. The van der Waals surface area contributed by atoms with E-state index in [1.807, 2.05) is 31.2 Å². The summed E-state index contributed by atoms with van der Waals surface area (Å²) in [6.45, 7) is 2.04. The average Bonchev–Trinajstić information content (AvgIpc) is 2.26. The van der Waals surface area contributed by atoms with Gasteiger partial charge in [0.2, 0.25) is 0 Å². The van der Waals surface area contributed by atoms with E-state index in [-0.39, 0.29) is 0 Å². The Morgan fingerprint density at radius 2 is 1.86 bits per heavy atom. The normalized spacial score (nSPS) is 11.2. The molecule has 0 spiro atoms. The maximum atomic E-state index is 5.07. The second-order valence-electron chi connectivity index (χ2n) is 2.80. The molecule has 1 aromatic rings. The van der Waals surface area contributed by atoms with E-state index < -0.39 is 0 Å². The van der Waals surface area contributed by atoms with E-state index in [0.29, 0.717) is 0 Å². The van der Waals surface area contributed by atoms with Gasteiger partial charge < -0.3 is 9.57 Å². The minimum absolute atomic E-state index is 0.847. The van der Waals surface area contributed by atoms with E-state index in [1.165, 1.54) is 0 Å². The minimum atomic E-state index is 0.847. The summed E-state index contributed by atoms with van der Waals surface area (Å²) >= 11 is 0. The van der Waals surface area contributed by atoms with Gasteiger partial charge in [0.25, 0.3) is 0 Å². The van der Waals surface area contributed by atoms with Gasteiger partial charge in [0.15, 0.2) is 0 Å². The molecule has 0 aliphatic rings. The fraction of sp³-hybridized carbons (Fsp3) is 0.364. The summed E-state index contributed by atoms with van der Waals surface area (Å²) < 4.78 is 5.07. The van der Waals surface area contributed by atoms with Gasteiger partial charge in [0.1, 0.15) is 12.9 Å². The van der Waals surface area contributed by atoms with E-state index in [0.717, 1.165) is 23.4 Å². The Hall–Kier alpha value is -1.51. The molecule has 1 aromatic carbocycles. The zero-order valence-electron chi connectivity index (χ0n) is 8.78. The number of ether oxygens (including phenoxy) is 1. The van der Waals surface area contributed by atoms with Crippen LogP contribution in [-0.4, -0.2) is 19.9 Å². The number of rotatable bonds is 4. The van der Waals surface area contributed by atoms with Crippen LogP contribution in [0.15, 0.2) is 29.4 Å². The molecular weight excluding hydrogens is 178 g/mol. The lowest BCUT2D eigenvalue weighted by atomic mass is 10.1. The molecule has 0 amide bonds. The van der Waals surface area contributed by atoms with Gasteiger partial charge in [-0.05, 0) is 36.2 Å². The number of hydrogen-bond acceptors (Lipinski definition) is 3. The molecule has 3 nitrogen and oxygen atoms in total. The first-order valence-corrected chi connectivity index (χ1v) is 4.56. The molecule has 3 heteroatoms. The fourth-order valence-corrected chi connectivity index (χ4v) is 1.21. The van der Waals surface area contributed by atoms with Crippen LogP contribution in [0.25, 0.3) is 0 Å². The van der Waals surface area contributed by atoms with Gasteiger partial charge in [-0.3, -0.25) is 0 Å². The van der Waals surface area contributed by atoms with Crippen molar-refractivity contribution in [2.24, 2.45) is 5.16 Å². The van der Waals surface area contributed by atoms with E-state index >= 15 is 0 Å². The Kier molecular flexibility index (Phi) is 3.98. The highest BCUT2D eigenvalue weighted by Crippen LogP contribution is 2.13. The first kappa shape index (κ1) is 10.6. The predicted molar refractivity (Wildman–Crippen MR) is 56.8 cm³/mol. The quantitative estimate of drug-likeness (QED) is 0.543. The largest absolute Gasteiger partial charge is 0.497 e. The van der Waals surface area contributed by atoms with E-state index in [9.17, 15) is 0 Å². The smallest absolute Gasteiger partial charge is 0.118 e. The molecule has 0 aliphatic heterocycles. The topological polar surface area (TPSA) is 30.8 Å². The summed E-state index contributed by atoms with van der Waals surface area (Å²) in [6, 6.07) is 7.77. The first-order valence-electron chi connectivity index (χ1n) is 4.56. The third kappa shape index (κ3) is 2.49. The van der Waals surface area contributed by atoms with E-state index in [2.05, 4.69) is 5.16 Å². The number of nitrogens with zero attached hydrogens (tertiary/aromatic N) is 1. The third-order valence-electron chi connectivity index (χ3n) is 1.96. The van der Waals surface area contributed by atoms with Crippen molar-refractivity contribution in [3.63, 3.8) is 0 Å². The molecule has 0 aliphatic carbocycles. The molecule has 1 rings (SSSR count). The van der Waals surface area contributed by atoms with Gasteiger partial charge in [-0.15, -0.1) is 0 Å². The second-order valence-corrected chi connectivity index (χ2v) is 2.80. The van der Waals surface area contributed by atoms with Crippen molar-refractivity contribution >= 4 is 5.71 Å². The molecule has 14 heavy (non-hydrogen) atoms. The molecule has 0 unspecified atom stereocenters. The van der Waals surface area contributed by atoms with Gasteiger partial charge in [0, 0.05) is 0 Å². The highest BCUT2D eigenvalue weighted by molar-refractivity contribution is 6.00. The van der Waals surface area contributed by atoms with Crippen molar-refractivity contribution < 1.29 is 9.57 Å². The summed E-state index contributed by atoms with van der Waals surface area (Å²) in [5.74, 6) is 0.849. The zero-order valence-corrected chi connectivity index (χ0v) is 8.78. The van der Waals surface area contributed by atoms with Crippen molar-refractivity contribution in [1.82, 2.24) is 0 Å². The number of hydrogen-bond donors (Lipinski definition) is 0. The molecule has 76 valence electrons.